The minimum atomic E-state index is -0.673. The lowest BCUT2D eigenvalue weighted by Crippen LogP contribution is -2.16. The minimum absolute atomic E-state index is 0.169. The van der Waals surface area contributed by atoms with E-state index in [1.165, 1.54) is 31.0 Å². The van der Waals surface area contributed by atoms with Gasteiger partial charge < -0.3 is 10.6 Å². The van der Waals surface area contributed by atoms with Gasteiger partial charge in [-0.25, -0.2) is 13.8 Å². The van der Waals surface area contributed by atoms with Crippen LogP contribution in [0, 0.1) is 11.6 Å². The van der Waals surface area contributed by atoms with Gasteiger partial charge in [-0.05, 0) is 31.0 Å². The molecule has 1 aliphatic rings. The second kappa shape index (κ2) is 6.03. The highest BCUT2D eigenvalue weighted by atomic mass is 19.1. The fraction of sp³-hybridized carbons (Fsp3) is 0.333. The van der Waals surface area contributed by atoms with Gasteiger partial charge in [0.05, 0.1) is 0 Å². The molecule has 2 N–H and O–H groups in total. The van der Waals surface area contributed by atoms with E-state index in [-0.39, 0.29) is 11.6 Å². The predicted octanol–water partition coefficient (Wildman–Crippen LogP) is 3.85. The number of para-hydroxylation sites is 1. The topological polar surface area (TPSA) is 49.8 Å². The van der Waals surface area contributed by atoms with Gasteiger partial charge in [0.15, 0.2) is 0 Å². The largest absolute Gasteiger partial charge is 0.367 e. The van der Waals surface area contributed by atoms with Crippen LogP contribution in [0.2, 0.25) is 0 Å². The molecular weight excluding hydrogens is 274 g/mol. The Hall–Kier alpha value is -2.24. The van der Waals surface area contributed by atoms with Crippen LogP contribution in [-0.2, 0) is 0 Å². The Morgan fingerprint density at radius 1 is 1.05 bits per heavy atom. The highest BCUT2D eigenvalue weighted by molar-refractivity contribution is 5.56. The van der Waals surface area contributed by atoms with Crippen LogP contribution in [0.5, 0.6) is 0 Å². The summed E-state index contributed by atoms with van der Waals surface area (Å²) in [7, 11) is 0. The number of benzene rings is 1. The summed E-state index contributed by atoms with van der Waals surface area (Å²) in [5.74, 6) is -0.515. The van der Waals surface area contributed by atoms with E-state index in [1.807, 2.05) is 0 Å². The summed E-state index contributed by atoms with van der Waals surface area (Å²) in [5, 5.41) is 5.91. The number of nitrogens with one attached hydrogen (secondary N) is 2. The van der Waals surface area contributed by atoms with Crippen molar-refractivity contribution < 1.29 is 8.78 Å². The van der Waals surface area contributed by atoms with Gasteiger partial charge in [-0.1, -0.05) is 18.9 Å². The Labute approximate surface area is 121 Å². The van der Waals surface area contributed by atoms with Gasteiger partial charge in [0.1, 0.15) is 23.1 Å². The number of aromatic nitrogens is 2. The van der Waals surface area contributed by atoms with Gasteiger partial charge in [0.25, 0.3) is 0 Å². The summed E-state index contributed by atoms with van der Waals surface area (Å²) < 4.78 is 27.2. The SMILES string of the molecule is Fc1cccc(F)c1Nc1nccc(NC2CCCC2)n1. The van der Waals surface area contributed by atoms with E-state index in [0.717, 1.165) is 12.8 Å². The zero-order valence-corrected chi connectivity index (χ0v) is 11.4. The quantitative estimate of drug-likeness (QED) is 0.898. The van der Waals surface area contributed by atoms with Crippen molar-refractivity contribution >= 4 is 17.5 Å². The summed E-state index contributed by atoms with van der Waals surface area (Å²) in [5.41, 5.74) is -0.240. The average molecular weight is 290 g/mol. The first-order valence-corrected chi connectivity index (χ1v) is 7.03. The third-order valence-corrected chi connectivity index (χ3v) is 3.56. The average Bonchev–Trinajstić information content (AvgIpc) is 2.96. The molecular formula is C15H16F2N4. The number of rotatable bonds is 4. The smallest absolute Gasteiger partial charge is 0.229 e. The van der Waals surface area contributed by atoms with E-state index in [0.29, 0.717) is 11.9 Å². The molecule has 0 amide bonds. The van der Waals surface area contributed by atoms with Crippen molar-refractivity contribution in [1.29, 1.82) is 0 Å². The molecule has 1 aliphatic carbocycles. The van der Waals surface area contributed by atoms with E-state index in [4.69, 9.17) is 0 Å². The Bertz CT molecular complexity index is 607. The molecule has 1 saturated carbocycles. The number of anilines is 3. The number of nitrogens with zero attached hydrogens (tertiary/aromatic N) is 2. The molecule has 2 aromatic rings. The number of halogens is 2. The Balaban J connectivity index is 1.76. The zero-order valence-electron chi connectivity index (χ0n) is 11.4. The van der Waals surface area contributed by atoms with Gasteiger partial charge in [-0.2, -0.15) is 4.98 Å². The molecule has 1 heterocycles. The standard InChI is InChI=1S/C15H16F2N4/c16-11-6-3-7-12(17)14(11)21-15-18-9-8-13(20-15)19-10-4-1-2-5-10/h3,6-10H,1-2,4-5H2,(H2,18,19,20,21). The van der Waals surface area contributed by atoms with Gasteiger partial charge in [0.2, 0.25) is 5.95 Å². The summed E-state index contributed by atoms with van der Waals surface area (Å²) in [4.78, 5) is 8.24. The van der Waals surface area contributed by atoms with Crippen LogP contribution in [0.15, 0.2) is 30.5 Å². The molecule has 0 bridgehead atoms. The fourth-order valence-corrected chi connectivity index (χ4v) is 2.51. The third kappa shape index (κ3) is 3.26. The first-order valence-electron chi connectivity index (χ1n) is 7.03. The van der Waals surface area contributed by atoms with Crippen molar-refractivity contribution in [3.8, 4) is 0 Å². The van der Waals surface area contributed by atoms with Crippen LogP contribution in [0.25, 0.3) is 0 Å². The van der Waals surface area contributed by atoms with Crippen LogP contribution >= 0.6 is 0 Å². The molecule has 1 aromatic heterocycles. The number of hydrogen-bond donors (Lipinski definition) is 2. The van der Waals surface area contributed by atoms with Gasteiger partial charge >= 0.3 is 0 Å². The Kier molecular flexibility index (Phi) is 3.94. The van der Waals surface area contributed by atoms with Gasteiger partial charge in [-0.3, -0.25) is 0 Å². The summed E-state index contributed by atoms with van der Waals surface area (Å²) in [6.45, 7) is 0. The Morgan fingerprint density at radius 3 is 2.48 bits per heavy atom. The van der Waals surface area contributed by atoms with Crippen LogP contribution < -0.4 is 10.6 Å². The maximum atomic E-state index is 13.6. The van der Waals surface area contributed by atoms with E-state index < -0.39 is 11.6 Å². The molecule has 0 radical (unpaired) electrons. The van der Waals surface area contributed by atoms with E-state index in [1.54, 1.807) is 12.3 Å². The molecule has 0 aliphatic heterocycles. The molecule has 0 unspecified atom stereocenters. The maximum absolute atomic E-state index is 13.6. The summed E-state index contributed by atoms with van der Waals surface area (Å²) >= 11 is 0. The minimum Gasteiger partial charge on any atom is -0.367 e. The predicted molar refractivity (Wildman–Crippen MR) is 77.6 cm³/mol. The van der Waals surface area contributed by atoms with Gasteiger partial charge in [-0.15, -0.1) is 0 Å². The molecule has 0 spiro atoms. The lowest BCUT2D eigenvalue weighted by atomic mass is 10.2. The Morgan fingerprint density at radius 2 is 1.76 bits per heavy atom. The van der Waals surface area contributed by atoms with Crippen molar-refractivity contribution in [2.24, 2.45) is 0 Å². The van der Waals surface area contributed by atoms with E-state index in [9.17, 15) is 8.78 Å². The molecule has 0 atom stereocenters. The molecule has 6 heteroatoms. The lowest BCUT2D eigenvalue weighted by Gasteiger charge is -2.13. The first kappa shape index (κ1) is 13.7. The molecule has 1 fully saturated rings. The van der Waals surface area contributed by atoms with Crippen molar-refractivity contribution in [2.75, 3.05) is 10.6 Å². The normalized spacial score (nSPS) is 15.1. The van der Waals surface area contributed by atoms with Crippen LogP contribution in [0.4, 0.5) is 26.2 Å². The highest BCUT2D eigenvalue weighted by Gasteiger charge is 2.15. The van der Waals surface area contributed by atoms with Crippen molar-refractivity contribution in [2.45, 2.75) is 31.7 Å². The van der Waals surface area contributed by atoms with Crippen molar-refractivity contribution in [3.63, 3.8) is 0 Å². The maximum Gasteiger partial charge on any atom is 0.229 e. The summed E-state index contributed by atoms with van der Waals surface area (Å²) in [6, 6.07) is 5.85. The highest BCUT2D eigenvalue weighted by Crippen LogP contribution is 2.23. The molecule has 21 heavy (non-hydrogen) atoms. The molecule has 0 saturated heterocycles. The molecule has 4 nitrogen and oxygen atoms in total. The molecule has 1 aromatic carbocycles. The molecule has 3 rings (SSSR count). The number of hydrogen-bond acceptors (Lipinski definition) is 4. The monoisotopic (exact) mass is 290 g/mol. The second-order valence-corrected chi connectivity index (χ2v) is 5.11. The lowest BCUT2D eigenvalue weighted by molar-refractivity contribution is 0.590. The third-order valence-electron chi connectivity index (χ3n) is 3.56. The van der Waals surface area contributed by atoms with Crippen molar-refractivity contribution in [3.05, 3.63) is 42.1 Å². The second-order valence-electron chi connectivity index (χ2n) is 5.11. The van der Waals surface area contributed by atoms with Crippen LogP contribution in [0.1, 0.15) is 25.7 Å². The first-order chi connectivity index (χ1) is 10.2. The van der Waals surface area contributed by atoms with Crippen LogP contribution in [-0.4, -0.2) is 16.0 Å². The van der Waals surface area contributed by atoms with E-state index >= 15 is 0 Å². The summed E-state index contributed by atoms with van der Waals surface area (Å²) in [6.07, 6.45) is 6.23. The molecule has 110 valence electrons. The van der Waals surface area contributed by atoms with Crippen LogP contribution in [0.3, 0.4) is 0 Å². The zero-order chi connectivity index (χ0) is 14.7. The van der Waals surface area contributed by atoms with E-state index in [2.05, 4.69) is 20.6 Å². The van der Waals surface area contributed by atoms with Gasteiger partial charge in [0, 0.05) is 12.2 Å². The fourth-order valence-electron chi connectivity index (χ4n) is 2.51. The van der Waals surface area contributed by atoms with Crippen molar-refractivity contribution in [1.82, 2.24) is 9.97 Å².